The SMILES string of the molecule is COc1ccc(CCN(C)C(=O)C(CCSC)NC(=O)COc2ccccc2)cc1OC. The molecule has 0 aliphatic carbocycles. The molecule has 0 saturated carbocycles. The first-order chi connectivity index (χ1) is 15.5. The Balaban J connectivity index is 1.92. The van der Waals surface area contributed by atoms with Gasteiger partial charge in [-0.3, -0.25) is 9.59 Å². The number of thioether (sulfide) groups is 1. The monoisotopic (exact) mass is 460 g/mol. The predicted octanol–water partition coefficient (Wildman–Crippen LogP) is 3.02. The van der Waals surface area contributed by atoms with Crippen LogP contribution in [-0.2, 0) is 16.0 Å². The Morgan fingerprint density at radius 1 is 1.06 bits per heavy atom. The van der Waals surface area contributed by atoms with E-state index in [0.29, 0.717) is 36.6 Å². The summed E-state index contributed by atoms with van der Waals surface area (Å²) < 4.78 is 16.1. The van der Waals surface area contributed by atoms with Crippen LogP contribution in [0.25, 0.3) is 0 Å². The Kier molecular flexibility index (Phi) is 10.7. The normalized spacial score (nSPS) is 11.4. The minimum absolute atomic E-state index is 0.118. The third-order valence-corrected chi connectivity index (χ3v) is 5.56. The lowest BCUT2D eigenvalue weighted by molar-refractivity contribution is -0.135. The lowest BCUT2D eigenvalue weighted by Gasteiger charge is -2.25. The largest absolute Gasteiger partial charge is 0.493 e. The molecule has 32 heavy (non-hydrogen) atoms. The number of amides is 2. The number of nitrogens with one attached hydrogen (secondary N) is 1. The minimum atomic E-state index is -0.593. The van der Waals surface area contributed by atoms with Gasteiger partial charge in [-0.2, -0.15) is 11.8 Å². The van der Waals surface area contributed by atoms with Crippen LogP contribution in [0.1, 0.15) is 12.0 Å². The Labute approximate surface area is 194 Å². The molecule has 0 aliphatic heterocycles. The number of para-hydroxylation sites is 1. The molecule has 2 aromatic carbocycles. The van der Waals surface area contributed by atoms with E-state index in [1.165, 1.54) is 0 Å². The van der Waals surface area contributed by atoms with Gasteiger partial charge in [-0.15, -0.1) is 0 Å². The summed E-state index contributed by atoms with van der Waals surface area (Å²) in [5.41, 5.74) is 1.03. The van der Waals surface area contributed by atoms with Crippen molar-refractivity contribution in [3.05, 3.63) is 54.1 Å². The molecule has 0 aromatic heterocycles. The number of ether oxygens (including phenoxy) is 3. The summed E-state index contributed by atoms with van der Waals surface area (Å²) in [6.45, 7) is 0.378. The lowest BCUT2D eigenvalue weighted by atomic mass is 10.1. The standard InChI is InChI=1S/C24H32N2O5S/c1-26(14-12-18-10-11-21(29-2)22(16-18)30-3)24(28)20(13-15-32-4)25-23(27)17-31-19-8-6-5-7-9-19/h5-11,16,20H,12-15,17H2,1-4H3,(H,25,27). The Morgan fingerprint density at radius 3 is 2.44 bits per heavy atom. The molecule has 174 valence electrons. The van der Waals surface area contributed by atoms with Crippen LogP contribution in [0, 0.1) is 0 Å². The molecule has 2 rings (SSSR count). The van der Waals surface area contributed by atoms with Gasteiger partial charge in [-0.25, -0.2) is 0 Å². The van der Waals surface area contributed by atoms with Crippen molar-refractivity contribution in [1.82, 2.24) is 10.2 Å². The Morgan fingerprint density at radius 2 is 1.78 bits per heavy atom. The van der Waals surface area contributed by atoms with Crippen LogP contribution in [0.2, 0.25) is 0 Å². The van der Waals surface area contributed by atoms with E-state index in [1.54, 1.807) is 50.1 Å². The van der Waals surface area contributed by atoms with Crippen molar-refractivity contribution in [3.63, 3.8) is 0 Å². The van der Waals surface area contributed by atoms with Gasteiger partial charge in [0.15, 0.2) is 18.1 Å². The average Bonchev–Trinajstić information content (AvgIpc) is 2.83. The van der Waals surface area contributed by atoms with Crippen molar-refractivity contribution >= 4 is 23.6 Å². The van der Waals surface area contributed by atoms with Crippen molar-refractivity contribution in [2.24, 2.45) is 0 Å². The highest BCUT2D eigenvalue weighted by atomic mass is 32.2. The molecule has 1 atom stereocenters. The first kappa shape index (κ1) is 25.4. The summed E-state index contributed by atoms with van der Waals surface area (Å²) >= 11 is 1.64. The van der Waals surface area contributed by atoms with Gasteiger partial charge >= 0.3 is 0 Å². The molecule has 7 nitrogen and oxygen atoms in total. The molecule has 1 unspecified atom stereocenters. The van der Waals surface area contributed by atoms with Gasteiger partial charge in [0.2, 0.25) is 5.91 Å². The van der Waals surface area contributed by atoms with Crippen LogP contribution in [0.5, 0.6) is 17.2 Å². The van der Waals surface area contributed by atoms with Gasteiger partial charge in [0.1, 0.15) is 11.8 Å². The summed E-state index contributed by atoms with van der Waals surface area (Å²) in [5.74, 6) is 2.26. The van der Waals surface area contributed by atoms with Crippen molar-refractivity contribution in [1.29, 1.82) is 0 Å². The fourth-order valence-electron chi connectivity index (χ4n) is 3.10. The van der Waals surface area contributed by atoms with E-state index in [9.17, 15) is 9.59 Å². The van der Waals surface area contributed by atoms with Crippen LogP contribution in [-0.4, -0.2) is 69.2 Å². The van der Waals surface area contributed by atoms with Crippen LogP contribution in [0.4, 0.5) is 0 Å². The summed E-state index contributed by atoms with van der Waals surface area (Å²) in [7, 11) is 4.94. The zero-order valence-electron chi connectivity index (χ0n) is 19.1. The van der Waals surface area contributed by atoms with Crippen LogP contribution in [0.15, 0.2) is 48.5 Å². The highest BCUT2D eigenvalue weighted by Crippen LogP contribution is 2.27. The molecular weight excluding hydrogens is 428 g/mol. The number of hydrogen-bond donors (Lipinski definition) is 1. The molecule has 0 heterocycles. The van der Waals surface area contributed by atoms with E-state index < -0.39 is 6.04 Å². The molecule has 0 radical (unpaired) electrons. The van der Waals surface area contributed by atoms with Crippen molar-refractivity contribution in [2.75, 3.05) is 46.4 Å². The molecule has 0 bridgehead atoms. The summed E-state index contributed by atoms with van der Waals surface area (Å²) in [4.78, 5) is 27.1. The highest BCUT2D eigenvalue weighted by Gasteiger charge is 2.24. The van der Waals surface area contributed by atoms with Crippen molar-refractivity contribution < 1.29 is 23.8 Å². The zero-order chi connectivity index (χ0) is 23.3. The van der Waals surface area contributed by atoms with E-state index >= 15 is 0 Å². The van der Waals surface area contributed by atoms with E-state index in [1.807, 2.05) is 42.7 Å². The number of carbonyl (C=O) groups is 2. The number of benzene rings is 2. The van der Waals surface area contributed by atoms with Crippen LogP contribution in [0.3, 0.4) is 0 Å². The van der Waals surface area contributed by atoms with Crippen molar-refractivity contribution in [3.8, 4) is 17.2 Å². The molecule has 0 spiro atoms. The third-order valence-electron chi connectivity index (χ3n) is 4.92. The van der Waals surface area contributed by atoms with Gasteiger partial charge in [0.05, 0.1) is 14.2 Å². The average molecular weight is 461 g/mol. The molecule has 0 saturated heterocycles. The topological polar surface area (TPSA) is 77.1 Å². The molecule has 0 fully saturated rings. The second kappa shape index (κ2) is 13.5. The zero-order valence-corrected chi connectivity index (χ0v) is 19.9. The van der Waals surface area contributed by atoms with Gasteiger partial charge in [0, 0.05) is 13.6 Å². The quantitative estimate of drug-likeness (QED) is 0.495. The lowest BCUT2D eigenvalue weighted by Crippen LogP contribution is -2.49. The molecule has 0 aliphatic rings. The van der Waals surface area contributed by atoms with E-state index in [4.69, 9.17) is 14.2 Å². The second-order valence-corrected chi connectivity index (χ2v) is 8.19. The fourth-order valence-corrected chi connectivity index (χ4v) is 3.58. The molecule has 2 aromatic rings. The first-order valence-corrected chi connectivity index (χ1v) is 11.8. The van der Waals surface area contributed by atoms with E-state index in [2.05, 4.69) is 5.32 Å². The third kappa shape index (κ3) is 8.00. The minimum Gasteiger partial charge on any atom is -0.493 e. The smallest absolute Gasteiger partial charge is 0.258 e. The highest BCUT2D eigenvalue weighted by molar-refractivity contribution is 7.98. The maximum absolute atomic E-state index is 13.0. The van der Waals surface area contributed by atoms with Gasteiger partial charge in [-0.1, -0.05) is 24.3 Å². The van der Waals surface area contributed by atoms with E-state index in [-0.39, 0.29) is 18.4 Å². The summed E-state index contributed by atoms with van der Waals surface area (Å²) in [5, 5.41) is 2.83. The molecule has 8 heteroatoms. The maximum Gasteiger partial charge on any atom is 0.258 e. The van der Waals surface area contributed by atoms with Gasteiger partial charge in [-0.05, 0) is 54.7 Å². The number of rotatable bonds is 13. The second-order valence-electron chi connectivity index (χ2n) is 7.20. The number of methoxy groups -OCH3 is 2. The van der Waals surface area contributed by atoms with Gasteiger partial charge in [0.25, 0.3) is 5.91 Å². The number of hydrogen-bond acceptors (Lipinski definition) is 6. The number of carbonyl (C=O) groups excluding carboxylic acids is 2. The number of nitrogens with zero attached hydrogens (tertiary/aromatic N) is 1. The Hall–Kier alpha value is -2.87. The molecule has 1 N–H and O–H groups in total. The summed E-state index contributed by atoms with van der Waals surface area (Å²) in [6.07, 6.45) is 3.18. The predicted molar refractivity (Wildman–Crippen MR) is 128 cm³/mol. The maximum atomic E-state index is 13.0. The van der Waals surface area contributed by atoms with Crippen molar-refractivity contribution in [2.45, 2.75) is 18.9 Å². The molecular formula is C24H32N2O5S. The Bertz CT molecular complexity index is 863. The van der Waals surface area contributed by atoms with Crippen LogP contribution < -0.4 is 19.5 Å². The van der Waals surface area contributed by atoms with E-state index in [0.717, 1.165) is 11.3 Å². The van der Waals surface area contributed by atoms with Crippen LogP contribution >= 0.6 is 11.8 Å². The number of likely N-dealkylation sites (N-methyl/N-ethyl adjacent to an activating group) is 1. The summed E-state index contributed by atoms with van der Waals surface area (Å²) in [6, 6.07) is 14.2. The first-order valence-electron chi connectivity index (χ1n) is 10.4. The van der Waals surface area contributed by atoms with Gasteiger partial charge < -0.3 is 24.4 Å². The molecule has 2 amide bonds. The fraction of sp³-hybridized carbons (Fsp3) is 0.417.